The second-order valence-corrected chi connectivity index (χ2v) is 5.98. The van der Waals surface area contributed by atoms with Gasteiger partial charge in [-0.25, -0.2) is 0 Å². The molecule has 2 N–H and O–H groups in total. The minimum atomic E-state index is -0.514. The first-order chi connectivity index (χ1) is 13.1. The summed E-state index contributed by atoms with van der Waals surface area (Å²) in [5, 5.41) is 6.81. The van der Waals surface area contributed by atoms with Gasteiger partial charge < -0.3 is 19.5 Å². The maximum atomic E-state index is 12.7. The van der Waals surface area contributed by atoms with Crippen LogP contribution in [0.25, 0.3) is 5.78 Å². The second-order valence-electron chi connectivity index (χ2n) is 5.98. The van der Waals surface area contributed by atoms with E-state index in [1.54, 1.807) is 12.1 Å². The molecule has 140 valence electrons. The molecule has 1 amide bonds. The number of ether oxygens (including phenoxy) is 3. The van der Waals surface area contributed by atoms with Gasteiger partial charge in [0, 0.05) is 12.3 Å². The van der Waals surface area contributed by atoms with Gasteiger partial charge in [-0.05, 0) is 17.7 Å². The van der Waals surface area contributed by atoms with Crippen molar-refractivity contribution >= 4 is 17.5 Å². The van der Waals surface area contributed by atoms with Crippen LogP contribution in [0.1, 0.15) is 23.5 Å². The van der Waals surface area contributed by atoms with Crippen LogP contribution >= 0.6 is 0 Å². The van der Waals surface area contributed by atoms with Gasteiger partial charge in [-0.1, -0.05) is 0 Å². The van der Waals surface area contributed by atoms with Crippen LogP contribution < -0.4 is 25.1 Å². The summed E-state index contributed by atoms with van der Waals surface area (Å²) < 4.78 is 17.5. The third-order valence-electron chi connectivity index (χ3n) is 4.57. The van der Waals surface area contributed by atoms with Crippen LogP contribution in [0.4, 0.5) is 5.82 Å². The Morgan fingerprint density at radius 3 is 2.44 bits per heavy atom. The van der Waals surface area contributed by atoms with Crippen molar-refractivity contribution in [2.24, 2.45) is 0 Å². The van der Waals surface area contributed by atoms with Crippen LogP contribution in [-0.2, 0) is 4.79 Å². The number of methoxy groups -OCH3 is 3. The van der Waals surface area contributed by atoms with Gasteiger partial charge in [-0.3, -0.25) is 14.6 Å². The third-order valence-corrected chi connectivity index (χ3v) is 4.57. The fourth-order valence-electron chi connectivity index (χ4n) is 3.38. The van der Waals surface area contributed by atoms with Crippen molar-refractivity contribution in [2.75, 3.05) is 26.6 Å². The van der Waals surface area contributed by atoms with Gasteiger partial charge in [0.15, 0.2) is 11.5 Å². The lowest BCUT2D eigenvalue weighted by molar-refractivity contribution is -0.116. The van der Waals surface area contributed by atoms with Gasteiger partial charge in [-0.2, -0.15) is 14.6 Å². The first kappa shape index (κ1) is 16.9. The number of fused-ring (bicyclic) bond motifs is 3. The highest BCUT2D eigenvalue weighted by atomic mass is 16.5. The summed E-state index contributed by atoms with van der Waals surface area (Å²) in [6.07, 6.45) is 1.40. The van der Waals surface area contributed by atoms with E-state index in [1.807, 2.05) is 0 Å². The largest absolute Gasteiger partial charge is 0.493 e. The summed E-state index contributed by atoms with van der Waals surface area (Å²) in [4.78, 5) is 31.7. The molecule has 1 aliphatic rings. The molecule has 4 rings (SSSR count). The molecule has 1 aromatic carbocycles. The molecule has 27 heavy (non-hydrogen) atoms. The molecule has 0 spiro atoms. The average Bonchev–Trinajstić information content (AvgIpc) is 3.14. The first-order valence-corrected chi connectivity index (χ1v) is 8.13. The fraction of sp³-hybridized carbons (Fsp3) is 0.294. The number of aromatic amines is 1. The number of amides is 1. The number of nitrogens with zero attached hydrogens (tertiary/aromatic N) is 3. The van der Waals surface area contributed by atoms with Gasteiger partial charge in [0.2, 0.25) is 17.4 Å². The Morgan fingerprint density at radius 1 is 1.11 bits per heavy atom. The number of carbonyl (C=O) groups is 1. The summed E-state index contributed by atoms with van der Waals surface area (Å²) in [6.45, 7) is 0. The third kappa shape index (κ3) is 2.57. The molecule has 1 aliphatic heterocycles. The quantitative estimate of drug-likeness (QED) is 0.700. The number of hydrogen-bond donors (Lipinski definition) is 2. The van der Waals surface area contributed by atoms with E-state index in [1.165, 1.54) is 32.2 Å². The zero-order chi connectivity index (χ0) is 19.1. The minimum Gasteiger partial charge on any atom is -0.493 e. The lowest BCUT2D eigenvalue weighted by atomic mass is 9.86. The van der Waals surface area contributed by atoms with Crippen LogP contribution in [-0.4, -0.2) is 46.8 Å². The van der Waals surface area contributed by atoms with E-state index >= 15 is 0 Å². The monoisotopic (exact) mass is 371 g/mol. The standard InChI is InChI=1S/C17H17N5O5/c1-25-10-4-8(5-11(26-2)14(10)27-3)9-6-12(23)20-15-13(9)16(24)21-17-18-7-19-22(15)17/h4-5,7,9H,6H2,1-3H3,(H,20,23)(H,18,19,21,24)/t9-/m1/s1. The highest BCUT2D eigenvalue weighted by molar-refractivity contribution is 5.94. The number of benzene rings is 1. The molecule has 0 fully saturated rings. The molecule has 0 unspecified atom stereocenters. The molecule has 3 aromatic rings. The smallest absolute Gasteiger partial charge is 0.258 e. The molecular formula is C17H17N5O5. The Balaban J connectivity index is 1.97. The Labute approximate surface area is 153 Å². The van der Waals surface area contributed by atoms with Crippen molar-refractivity contribution < 1.29 is 19.0 Å². The second kappa shape index (κ2) is 6.31. The molecule has 0 aliphatic carbocycles. The van der Waals surface area contributed by atoms with Gasteiger partial charge in [0.1, 0.15) is 12.1 Å². The Kier molecular flexibility index (Phi) is 3.94. The molecule has 0 bridgehead atoms. The topological polar surface area (TPSA) is 120 Å². The lowest BCUT2D eigenvalue weighted by Gasteiger charge is -2.26. The van der Waals surface area contributed by atoms with Crippen molar-refractivity contribution in [1.29, 1.82) is 0 Å². The van der Waals surface area contributed by atoms with E-state index in [4.69, 9.17) is 14.2 Å². The van der Waals surface area contributed by atoms with E-state index in [0.717, 1.165) is 0 Å². The summed E-state index contributed by atoms with van der Waals surface area (Å²) in [6, 6.07) is 3.47. The first-order valence-electron chi connectivity index (χ1n) is 8.13. The van der Waals surface area contributed by atoms with Gasteiger partial charge >= 0.3 is 0 Å². The normalized spacial score (nSPS) is 16.0. The minimum absolute atomic E-state index is 0.0922. The Hall–Kier alpha value is -3.56. The van der Waals surface area contributed by atoms with E-state index in [2.05, 4.69) is 20.4 Å². The Morgan fingerprint density at radius 2 is 1.81 bits per heavy atom. The van der Waals surface area contributed by atoms with Crippen LogP contribution in [0.3, 0.4) is 0 Å². The number of hydrogen-bond acceptors (Lipinski definition) is 7. The molecule has 0 radical (unpaired) electrons. The van der Waals surface area contributed by atoms with Gasteiger partial charge in [0.25, 0.3) is 5.56 Å². The van der Waals surface area contributed by atoms with Gasteiger partial charge in [-0.15, -0.1) is 0 Å². The van der Waals surface area contributed by atoms with Crippen molar-refractivity contribution in [3.63, 3.8) is 0 Å². The number of carbonyl (C=O) groups excluding carboxylic acids is 1. The maximum absolute atomic E-state index is 12.7. The van der Waals surface area contributed by atoms with Crippen LogP contribution in [0.2, 0.25) is 0 Å². The summed E-state index contributed by atoms with van der Waals surface area (Å²) in [5.41, 5.74) is 0.733. The molecule has 2 aromatic heterocycles. The molecule has 10 nitrogen and oxygen atoms in total. The lowest BCUT2D eigenvalue weighted by Crippen LogP contribution is -2.32. The highest BCUT2D eigenvalue weighted by Crippen LogP contribution is 2.43. The molecule has 0 saturated heterocycles. The summed E-state index contributed by atoms with van der Waals surface area (Å²) >= 11 is 0. The van der Waals surface area contributed by atoms with Crippen molar-refractivity contribution in [2.45, 2.75) is 12.3 Å². The van der Waals surface area contributed by atoms with Gasteiger partial charge in [0.05, 0.1) is 26.9 Å². The predicted octanol–water partition coefficient (Wildman–Crippen LogP) is 0.917. The molecule has 1 atom stereocenters. The number of aromatic nitrogens is 4. The predicted molar refractivity (Wildman–Crippen MR) is 94.8 cm³/mol. The average molecular weight is 371 g/mol. The Bertz CT molecular complexity index is 1080. The number of anilines is 1. The zero-order valence-electron chi connectivity index (χ0n) is 14.9. The van der Waals surface area contributed by atoms with Crippen LogP contribution in [0.15, 0.2) is 23.3 Å². The summed E-state index contributed by atoms with van der Waals surface area (Å²) in [7, 11) is 4.53. The van der Waals surface area contributed by atoms with Crippen molar-refractivity contribution in [3.05, 3.63) is 39.9 Å². The van der Waals surface area contributed by atoms with Crippen molar-refractivity contribution in [1.82, 2.24) is 19.6 Å². The molecular weight excluding hydrogens is 354 g/mol. The SMILES string of the molecule is COc1cc([C@H]2CC(=O)Nc3c2c(=O)[nH]c2ncnn32)cc(OC)c1OC. The number of rotatable bonds is 4. The van der Waals surface area contributed by atoms with E-state index in [-0.39, 0.29) is 23.7 Å². The van der Waals surface area contributed by atoms with E-state index < -0.39 is 5.92 Å². The van der Waals surface area contributed by atoms with E-state index in [9.17, 15) is 9.59 Å². The maximum Gasteiger partial charge on any atom is 0.258 e. The van der Waals surface area contributed by atoms with Crippen molar-refractivity contribution in [3.8, 4) is 17.2 Å². The zero-order valence-corrected chi connectivity index (χ0v) is 14.9. The molecule has 10 heteroatoms. The highest BCUT2D eigenvalue weighted by Gasteiger charge is 2.33. The number of nitrogens with one attached hydrogen (secondary N) is 2. The van der Waals surface area contributed by atoms with Crippen LogP contribution in [0, 0.1) is 0 Å². The number of H-pyrrole nitrogens is 1. The van der Waals surface area contributed by atoms with Crippen LogP contribution in [0.5, 0.6) is 17.2 Å². The summed E-state index contributed by atoms with van der Waals surface area (Å²) in [5.74, 6) is 1.13. The molecule has 0 saturated carbocycles. The molecule has 3 heterocycles. The fourth-order valence-corrected chi connectivity index (χ4v) is 3.38. The van der Waals surface area contributed by atoms with E-state index in [0.29, 0.717) is 34.2 Å².